The number of nitrogen functional groups attached to an aromatic ring is 1. The molecule has 0 atom stereocenters. The van der Waals surface area contributed by atoms with Gasteiger partial charge in [0.25, 0.3) is 0 Å². The molecule has 0 saturated carbocycles. The normalized spacial score (nSPS) is 10.4. The second-order valence-corrected chi connectivity index (χ2v) is 5.09. The average Bonchev–Trinajstić information content (AvgIpc) is 2.86. The van der Waals surface area contributed by atoms with E-state index in [0.29, 0.717) is 23.0 Å². The molecule has 0 aliphatic heterocycles. The number of benzene rings is 1. The lowest BCUT2D eigenvalue weighted by atomic mass is 10.2. The van der Waals surface area contributed by atoms with Crippen LogP contribution >= 0.6 is 11.3 Å². The fraction of sp³-hybridized carbons (Fsp3) is 0.214. The number of hydrogen-bond donors (Lipinski definition) is 2. The number of methoxy groups -OCH3 is 1. The molecule has 0 fully saturated rings. The molecule has 6 heteroatoms. The van der Waals surface area contributed by atoms with Crippen molar-refractivity contribution in [1.82, 2.24) is 0 Å². The first-order chi connectivity index (χ1) is 9.65. The fourth-order valence-corrected chi connectivity index (χ4v) is 2.66. The Morgan fingerprint density at radius 2 is 2.20 bits per heavy atom. The lowest BCUT2D eigenvalue weighted by Gasteiger charge is -2.09. The third-order valence-electron chi connectivity index (χ3n) is 2.54. The number of nitrogens with two attached hydrogens (primary N) is 1. The Morgan fingerprint density at radius 1 is 1.40 bits per heavy atom. The van der Waals surface area contributed by atoms with E-state index in [-0.39, 0.29) is 12.6 Å². The maximum absolute atomic E-state index is 7.52. The van der Waals surface area contributed by atoms with E-state index in [0.717, 1.165) is 10.1 Å². The highest BCUT2D eigenvalue weighted by molar-refractivity contribution is 7.20. The minimum atomic E-state index is 0.0393. The third-order valence-corrected chi connectivity index (χ3v) is 3.65. The van der Waals surface area contributed by atoms with Gasteiger partial charge in [-0.25, -0.2) is 0 Å². The van der Waals surface area contributed by atoms with Gasteiger partial charge in [-0.3, -0.25) is 5.41 Å². The Bertz CT molecular complexity index is 637. The predicted octanol–water partition coefficient (Wildman–Crippen LogP) is 2.73. The predicted molar refractivity (Wildman–Crippen MR) is 81.0 cm³/mol. The maximum atomic E-state index is 7.52. The van der Waals surface area contributed by atoms with Gasteiger partial charge >= 0.3 is 0 Å². The first kappa shape index (κ1) is 14.4. The number of fused-ring (bicyclic) bond motifs is 1. The molecular formula is C14H16N2O3S. The summed E-state index contributed by atoms with van der Waals surface area (Å²) in [5.74, 6) is 1.37. The number of nitrogens with one attached hydrogen (secondary N) is 1. The topological polar surface area (TPSA) is 77.6 Å². The number of thiophene rings is 1. The van der Waals surface area contributed by atoms with Gasteiger partial charge < -0.3 is 19.9 Å². The number of rotatable bonds is 7. The van der Waals surface area contributed by atoms with Crippen LogP contribution in [0.5, 0.6) is 11.5 Å². The van der Waals surface area contributed by atoms with Crippen LogP contribution in [-0.2, 0) is 4.74 Å². The zero-order valence-electron chi connectivity index (χ0n) is 11.1. The molecule has 0 aliphatic rings. The molecule has 0 unspecified atom stereocenters. The van der Waals surface area contributed by atoms with E-state index in [9.17, 15) is 0 Å². The van der Waals surface area contributed by atoms with Gasteiger partial charge in [0, 0.05) is 23.3 Å². The summed E-state index contributed by atoms with van der Waals surface area (Å²) in [5.41, 5.74) is 5.53. The van der Waals surface area contributed by atoms with Crippen LogP contribution in [0.1, 0.15) is 4.88 Å². The van der Waals surface area contributed by atoms with Crippen LogP contribution in [0.4, 0.5) is 0 Å². The minimum Gasteiger partial charge on any atom is -0.489 e. The molecule has 1 aromatic heterocycles. The number of hydrogen-bond acceptors (Lipinski definition) is 5. The highest BCUT2D eigenvalue weighted by atomic mass is 32.1. The molecule has 0 aliphatic carbocycles. The number of amidine groups is 1. The van der Waals surface area contributed by atoms with E-state index < -0.39 is 0 Å². The van der Waals surface area contributed by atoms with Gasteiger partial charge in [-0.15, -0.1) is 11.3 Å². The highest BCUT2D eigenvalue weighted by Crippen LogP contribution is 2.36. The van der Waals surface area contributed by atoms with E-state index in [4.69, 9.17) is 25.4 Å². The van der Waals surface area contributed by atoms with E-state index in [1.165, 1.54) is 11.3 Å². The molecule has 2 aromatic rings. The summed E-state index contributed by atoms with van der Waals surface area (Å²) in [4.78, 5) is 0.697. The standard InChI is InChI=1S/C14H16N2O3S/c1-3-4-18-9-5-11(19-8-17-2)10-7-13(14(15)16)20-12(10)6-9/h3,5-7H,1,4,8H2,2H3,(H3,15,16). The van der Waals surface area contributed by atoms with Crippen LogP contribution in [0.2, 0.25) is 0 Å². The summed E-state index contributed by atoms with van der Waals surface area (Å²) < 4.78 is 17.0. The van der Waals surface area contributed by atoms with E-state index in [1.54, 1.807) is 19.3 Å². The molecule has 2 rings (SSSR count). The van der Waals surface area contributed by atoms with Gasteiger partial charge in [0.15, 0.2) is 6.79 Å². The van der Waals surface area contributed by atoms with Crippen molar-refractivity contribution in [3.05, 3.63) is 35.7 Å². The maximum Gasteiger partial charge on any atom is 0.188 e. The molecule has 0 saturated heterocycles. The summed E-state index contributed by atoms with van der Waals surface area (Å²) in [6.45, 7) is 4.18. The molecule has 20 heavy (non-hydrogen) atoms. The molecular weight excluding hydrogens is 276 g/mol. The van der Waals surface area contributed by atoms with Crippen molar-refractivity contribution in [2.45, 2.75) is 0 Å². The molecule has 0 radical (unpaired) electrons. The van der Waals surface area contributed by atoms with Crippen molar-refractivity contribution in [3.63, 3.8) is 0 Å². The van der Waals surface area contributed by atoms with Gasteiger partial charge in [0.05, 0.1) is 4.88 Å². The monoisotopic (exact) mass is 292 g/mol. The molecule has 5 nitrogen and oxygen atoms in total. The van der Waals surface area contributed by atoms with Crippen LogP contribution in [-0.4, -0.2) is 26.3 Å². The molecule has 1 heterocycles. The van der Waals surface area contributed by atoms with Crippen LogP contribution in [0, 0.1) is 5.41 Å². The SMILES string of the molecule is C=CCOc1cc(OCOC)c2cc(C(=N)N)sc2c1. The van der Waals surface area contributed by atoms with Crippen LogP contribution in [0.25, 0.3) is 10.1 Å². The molecule has 0 bridgehead atoms. The van der Waals surface area contributed by atoms with Gasteiger partial charge in [0.1, 0.15) is 23.9 Å². The molecule has 0 amide bonds. The summed E-state index contributed by atoms with van der Waals surface area (Å²) in [5, 5.41) is 8.41. The molecule has 0 spiro atoms. The first-order valence-electron chi connectivity index (χ1n) is 5.93. The van der Waals surface area contributed by atoms with Crippen molar-refractivity contribution in [1.29, 1.82) is 5.41 Å². The highest BCUT2D eigenvalue weighted by Gasteiger charge is 2.12. The Hall–Kier alpha value is -2.05. The van der Waals surface area contributed by atoms with Crippen LogP contribution < -0.4 is 15.2 Å². The van der Waals surface area contributed by atoms with E-state index in [1.807, 2.05) is 12.1 Å². The van der Waals surface area contributed by atoms with Gasteiger partial charge in [-0.1, -0.05) is 12.7 Å². The minimum absolute atomic E-state index is 0.0393. The van der Waals surface area contributed by atoms with Crippen molar-refractivity contribution >= 4 is 27.3 Å². The Kier molecular flexibility index (Phi) is 4.60. The van der Waals surface area contributed by atoms with Crippen molar-refractivity contribution < 1.29 is 14.2 Å². The smallest absolute Gasteiger partial charge is 0.188 e. The quantitative estimate of drug-likeness (QED) is 0.356. The van der Waals surface area contributed by atoms with Gasteiger partial charge in [-0.2, -0.15) is 0 Å². The molecule has 1 aromatic carbocycles. The zero-order chi connectivity index (χ0) is 14.5. The lowest BCUT2D eigenvalue weighted by molar-refractivity contribution is 0.0521. The van der Waals surface area contributed by atoms with Crippen molar-refractivity contribution in [2.75, 3.05) is 20.5 Å². The summed E-state index contributed by atoms with van der Waals surface area (Å²) >= 11 is 1.42. The largest absolute Gasteiger partial charge is 0.489 e. The summed E-state index contributed by atoms with van der Waals surface area (Å²) in [6, 6.07) is 5.53. The average molecular weight is 292 g/mol. The molecule has 106 valence electrons. The fourth-order valence-electron chi connectivity index (χ4n) is 1.70. The first-order valence-corrected chi connectivity index (χ1v) is 6.74. The zero-order valence-corrected chi connectivity index (χ0v) is 12.0. The lowest BCUT2D eigenvalue weighted by Crippen LogP contribution is -2.08. The van der Waals surface area contributed by atoms with Crippen LogP contribution in [0.3, 0.4) is 0 Å². The van der Waals surface area contributed by atoms with Gasteiger partial charge in [-0.05, 0) is 12.1 Å². The van der Waals surface area contributed by atoms with Crippen molar-refractivity contribution in [2.24, 2.45) is 5.73 Å². The van der Waals surface area contributed by atoms with Crippen molar-refractivity contribution in [3.8, 4) is 11.5 Å². The number of ether oxygens (including phenoxy) is 3. The second-order valence-electron chi connectivity index (χ2n) is 4.01. The van der Waals surface area contributed by atoms with E-state index in [2.05, 4.69) is 6.58 Å². The summed E-state index contributed by atoms with van der Waals surface area (Å²) in [6.07, 6.45) is 1.68. The van der Waals surface area contributed by atoms with Gasteiger partial charge in [0.2, 0.25) is 0 Å². The Morgan fingerprint density at radius 3 is 2.85 bits per heavy atom. The Labute approximate surface area is 121 Å². The molecule has 3 N–H and O–H groups in total. The van der Waals surface area contributed by atoms with E-state index >= 15 is 0 Å². The summed E-state index contributed by atoms with van der Waals surface area (Å²) in [7, 11) is 1.56. The Balaban J connectivity index is 2.46. The second kappa shape index (κ2) is 6.40. The third kappa shape index (κ3) is 3.09. The van der Waals surface area contributed by atoms with Crippen LogP contribution in [0.15, 0.2) is 30.9 Å².